The fourth-order valence-electron chi connectivity index (χ4n) is 4.27. The van der Waals surface area contributed by atoms with Gasteiger partial charge in [-0.15, -0.1) is 0 Å². The number of benzene rings is 1. The molecule has 1 saturated heterocycles. The molecule has 0 spiro atoms. The summed E-state index contributed by atoms with van der Waals surface area (Å²) in [6.45, 7) is 7.82. The molecule has 0 aliphatic carbocycles. The van der Waals surface area contributed by atoms with E-state index in [2.05, 4.69) is 4.90 Å². The lowest BCUT2D eigenvalue weighted by atomic mass is 9.91. The molecule has 0 saturated carbocycles. The Bertz CT molecular complexity index is 899. The number of aromatic nitrogens is 1. The van der Waals surface area contributed by atoms with Crippen molar-refractivity contribution < 1.29 is 14.6 Å². The minimum atomic E-state index is -0.356. The molecule has 156 valence electrons. The second-order valence-electron chi connectivity index (χ2n) is 7.51. The number of likely N-dealkylation sites (tertiary alicyclic amines) is 1. The summed E-state index contributed by atoms with van der Waals surface area (Å²) >= 11 is 0. The van der Waals surface area contributed by atoms with Crippen LogP contribution in [-0.4, -0.2) is 40.2 Å². The summed E-state index contributed by atoms with van der Waals surface area (Å²) in [4.78, 5) is 27.6. The summed E-state index contributed by atoms with van der Waals surface area (Å²) in [5.41, 5.74) is 1.94. The van der Waals surface area contributed by atoms with Crippen LogP contribution in [-0.2, 0) is 16.1 Å². The van der Waals surface area contributed by atoms with E-state index in [1.54, 1.807) is 10.6 Å². The summed E-state index contributed by atoms with van der Waals surface area (Å²) < 4.78 is 6.87. The van der Waals surface area contributed by atoms with Gasteiger partial charge in [-0.25, -0.2) is 0 Å². The van der Waals surface area contributed by atoms with Crippen LogP contribution in [0.15, 0.2) is 41.2 Å². The van der Waals surface area contributed by atoms with Crippen LogP contribution in [0.1, 0.15) is 49.6 Å². The summed E-state index contributed by atoms with van der Waals surface area (Å²) in [6.07, 6.45) is 1.35. The molecule has 1 N–H and O–H groups in total. The second kappa shape index (κ2) is 9.27. The predicted octanol–water partition coefficient (Wildman–Crippen LogP) is 3.25. The zero-order chi connectivity index (χ0) is 21.0. The molecule has 29 heavy (non-hydrogen) atoms. The van der Waals surface area contributed by atoms with E-state index in [9.17, 15) is 14.7 Å². The highest BCUT2D eigenvalue weighted by Crippen LogP contribution is 2.35. The van der Waals surface area contributed by atoms with Gasteiger partial charge in [0.15, 0.2) is 0 Å². The van der Waals surface area contributed by atoms with Gasteiger partial charge in [-0.2, -0.15) is 0 Å². The third-order valence-electron chi connectivity index (χ3n) is 5.74. The molecule has 0 amide bonds. The maximum absolute atomic E-state index is 13.3. The molecular weight excluding hydrogens is 368 g/mol. The smallest absolute Gasteiger partial charge is 0.309 e. The van der Waals surface area contributed by atoms with Crippen molar-refractivity contribution in [3.05, 3.63) is 63.6 Å². The summed E-state index contributed by atoms with van der Waals surface area (Å²) in [7, 11) is 0. The van der Waals surface area contributed by atoms with Crippen LogP contribution in [0.5, 0.6) is 5.75 Å². The highest BCUT2D eigenvalue weighted by atomic mass is 16.5. The Hall–Kier alpha value is -2.60. The number of carbonyl (C=O) groups is 1. The first-order chi connectivity index (χ1) is 14.0. The number of aryl methyl sites for hydroxylation is 1. The zero-order valence-corrected chi connectivity index (χ0v) is 17.4. The molecule has 6 heteroatoms. The first kappa shape index (κ1) is 21.1. The van der Waals surface area contributed by atoms with E-state index in [4.69, 9.17) is 4.74 Å². The van der Waals surface area contributed by atoms with Crippen molar-refractivity contribution in [1.29, 1.82) is 0 Å². The van der Waals surface area contributed by atoms with Crippen LogP contribution in [0.4, 0.5) is 0 Å². The van der Waals surface area contributed by atoms with Gasteiger partial charge in [0.25, 0.3) is 5.56 Å². The lowest BCUT2D eigenvalue weighted by molar-refractivity contribution is -0.149. The van der Waals surface area contributed by atoms with Crippen molar-refractivity contribution in [2.24, 2.45) is 5.92 Å². The zero-order valence-electron chi connectivity index (χ0n) is 17.4. The Morgan fingerprint density at radius 3 is 2.45 bits per heavy atom. The number of rotatable bonds is 6. The third-order valence-corrected chi connectivity index (χ3v) is 5.74. The van der Waals surface area contributed by atoms with Crippen molar-refractivity contribution in [3.8, 4) is 5.75 Å². The van der Waals surface area contributed by atoms with Crippen LogP contribution in [0.3, 0.4) is 0 Å². The van der Waals surface area contributed by atoms with Gasteiger partial charge in [0, 0.05) is 12.2 Å². The van der Waals surface area contributed by atoms with Gasteiger partial charge < -0.3 is 14.4 Å². The average molecular weight is 399 g/mol. The molecule has 2 heterocycles. The second-order valence-corrected chi connectivity index (χ2v) is 7.51. The van der Waals surface area contributed by atoms with Crippen LogP contribution in [0, 0.1) is 12.8 Å². The number of esters is 1. The molecule has 0 bridgehead atoms. The number of aromatic hydroxyl groups is 1. The topological polar surface area (TPSA) is 71.8 Å². The molecule has 1 aromatic heterocycles. The molecule has 1 aliphatic heterocycles. The molecule has 3 rings (SSSR count). The van der Waals surface area contributed by atoms with Gasteiger partial charge >= 0.3 is 5.97 Å². The van der Waals surface area contributed by atoms with Crippen molar-refractivity contribution >= 4 is 5.97 Å². The first-order valence-electron chi connectivity index (χ1n) is 10.4. The van der Waals surface area contributed by atoms with Gasteiger partial charge in [-0.3, -0.25) is 14.5 Å². The number of carbonyl (C=O) groups excluding carboxylic acids is 1. The molecule has 6 nitrogen and oxygen atoms in total. The Morgan fingerprint density at radius 1 is 1.21 bits per heavy atom. The summed E-state index contributed by atoms with van der Waals surface area (Å²) in [6, 6.07) is 11.1. The van der Waals surface area contributed by atoms with Crippen LogP contribution in [0.25, 0.3) is 0 Å². The van der Waals surface area contributed by atoms with Gasteiger partial charge in [0.05, 0.1) is 24.1 Å². The first-order valence-corrected chi connectivity index (χ1v) is 10.4. The minimum Gasteiger partial charge on any atom is -0.507 e. The van der Waals surface area contributed by atoms with E-state index in [-0.39, 0.29) is 29.2 Å². The van der Waals surface area contributed by atoms with Gasteiger partial charge in [-0.1, -0.05) is 30.3 Å². The quantitative estimate of drug-likeness (QED) is 0.757. The van der Waals surface area contributed by atoms with E-state index >= 15 is 0 Å². The van der Waals surface area contributed by atoms with Crippen molar-refractivity contribution in [1.82, 2.24) is 9.47 Å². The molecule has 0 radical (unpaired) electrons. The van der Waals surface area contributed by atoms with Crippen LogP contribution >= 0.6 is 0 Å². The van der Waals surface area contributed by atoms with Gasteiger partial charge in [0.2, 0.25) is 0 Å². The number of nitrogens with zero attached hydrogens (tertiary/aromatic N) is 2. The predicted molar refractivity (Wildman–Crippen MR) is 112 cm³/mol. The fourth-order valence-corrected chi connectivity index (χ4v) is 4.27. The minimum absolute atomic E-state index is 0.0265. The molecule has 1 atom stereocenters. The van der Waals surface area contributed by atoms with E-state index in [1.165, 1.54) is 0 Å². The monoisotopic (exact) mass is 398 g/mol. The number of piperidine rings is 1. The maximum Gasteiger partial charge on any atom is 0.309 e. The number of pyridine rings is 1. The standard InChI is InChI=1S/C23H30N2O4/c1-4-25-16(3)15-19(26)20(22(25)27)21(17-9-7-6-8-10-17)24-13-11-18(12-14-24)23(28)29-5-2/h6-10,15,18,21,26H,4-5,11-14H2,1-3H3/t21-/m1/s1. The van der Waals surface area contributed by atoms with Crippen LogP contribution in [0.2, 0.25) is 0 Å². The molecule has 2 aromatic rings. The third kappa shape index (κ3) is 4.37. The fraction of sp³-hybridized carbons (Fsp3) is 0.478. The van der Waals surface area contributed by atoms with E-state index < -0.39 is 0 Å². The lowest BCUT2D eigenvalue weighted by Gasteiger charge is -2.37. The van der Waals surface area contributed by atoms with Crippen molar-refractivity contribution in [3.63, 3.8) is 0 Å². The maximum atomic E-state index is 13.3. The van der Waals surface area contributed by atoms with Crippen molar-refractivity contribution in [2.75, 3.05) is 19.7 Å². The van der Waals surface area contributed by atoms with Gasteiger partial charge in [0.1, 0.15) is 5.75 Å². The van der Waals surface area contributed by atoms with E-state index in [0.717, 1.165) is 11.3 Å². The molecule has 0 unspecified atom stereocenters. The molecule has 1 aromatic carbocycles. The SMILES string of the molecule is CCOC(=O)C1CCN([C@H](c2ccccc2)c2c(O)cc(C)n(CC)c2=O)CC1. The molecular formula is C23H30N2O4. The van der Waals surface area contributed by atoms with E-state index in [0.29, 0.717) is 44.6 Å². The highest BCUT2D eigenvalue weighted by Gasteiger charge is 2.33. The van der Waals surface area contributed by atoms with Crippen molar-refractivity contribution in [2.45, 2.75) is 46.2 Å². The Balaban J connectivity index is 1.99. The largest absolute Gasteiger partial charge is 0.507 e. The Labute approximate surface area is 171 Å². The molecule has 1 aliphatic rings. The summed E-state index contributed by atoms with van der Waals surface area (Å²) in [5.74, 6) is -0.227. The Kier molecular flexibility index (Phi) is 6.75. The van der Waals surface area contributed by atoms with E-state index in [1.807, 2.05) is 51.1 Å². The number of ether oxygens (including phenoxy) is 1. The number of hydrogen-bond donors (Lipinski definition) is 1. The lowest BCUT2D eigenvalue weighted by Crippen LogP contribution is -2.42. The van der Waals surface area contributed by atoms with Gasteiger partial charge in [-0.05, 0) is 58.3 Å². The average Bonchev–Trinajstić information content (AvgIpc) is 2.72. The summed E-state index contributed by atoms with van der Waals surface area (Å²) in [5, 5.41) is 10.8. The molecule has 1 fully saturated rings. The normalized spacial score (nSPS) is 16.5. The number of hydrogen-bond acceptors (Lipinski definition) is 5. The highest BCUT2D eigenvalue weighted by molar-refractivity contribution is 5.72. The van der Waals surface area contributed by atoms with Crippen LogP contribution < -0.4 is 5.56 Å². The Morgan fingerprint density at radius 2 is 1.86 bits per heavy atom.